The lowest BCUT2D eigenvalue weighted by atomic mass is 10.0. The molecule has 2 aromatic carbocycles. The number of fused-ring (bicyclic) bond motifs is 1. The van der Waals surface area contributed by atoms with Crippen molar-refractivity contribution in [2.75, 3.05) is 13.1 Å². The van der Waals surface area contributed by atoms with Crippen molar-refractivity contribution in [3.63, 3.8) is 0 Å². The van der Waals surface area contributed by atoms with Crippen molar-refractivity contribution < 1.29 is 9.59 Å². The molecular formula is C19H23N3O2. The first-order valence-corrected chi connectivity index (χ1v) is 8.46. The molecule has 1 fully saturated rings. The molecule has 2 aromatic rings. The van der Waals surface area contributed by atoms with Gasteiger partial charge in [0.1, 0.15) is 0 Å². The molecule has 3 rings (SSSR count). The number of carbonyl (C=O) groups excluding carboxylic acids is 2. The average Bonchev–Trinajstić information content (AvgIpc) is 2.92. The second kappa shape index (κ2) is 7.34. The van der Waals surface area contributed by atoms with Crippen molar-refractivity contribution in [1.29, 1.82) is 0 Å². The van der Waals surface area contributed by atoms with Crippen LogP contribution in [0.3, 0.4) is 0 Å². The molecule has 0 bridgehead atoms. The summed E-state index contributed by atoms with van der Waals surface area (Å²) in [5.41, 5.74) is 1.14. The van der Waals surface area contributed by atoms with Crippen molar-refractivity contribution in [1.82, 2.24) is 15.5 Å². The number of nitrogens with one attached hydrogen (secondary N) is 2. The van der Waals surface area contributed by atoms with Crippen LogP contribution in [-0.2, 0) is 11.3 Å². The fourth-order valence-corrected chi connectivity index (χ4v) is 3.13. The molecule has 126 valence electrons. The molecular weight excluding hydrogens is 302 g/mol. The zero-order valence-electron chi connectivity index (χ0n) is 13.9. The van der Waals surface area contributed by atoms with Crippen LogP contribution in [0.2, 0.25) is 0 Å². The average molecular weight is 325 g/mol. The summed E-state index contributed by atoms with van der Waals surface area (Å²) < 4.78 is 0. The second-order valence-corrected chi connectivity index (χ2v) is 6.21. The number of urea groups is 1. The van der Waals surface area contributed by atoms with Gasteiger partial charge in [-0.1, -0.05) is 49.4 Å². The van der Waals surface area contributed by atoms with Crippen molar-refractivity contribution in [3.05, 3.63) is 48.0 Å². The molecule has 0 aromatic heterocycles. The quantitative estimate of drug-likeness (QED) is 0.888. The summed E-state index contributed by atoms with van der Waals surface area (Å²) in [6, 6.07) is 14.0. The highest BCUT2D eigenvalue weighted by molar-refractivity contribution is 5.87. The van der Waals surface area contributed by atoms with E-state index in [-0.39, 0.29) is 18.0 Å². The number of amides is 3. The van der Waals surface area contributed by atoms with E-state index < -0.39 is 0 Å². The van der Waals surface area contributed by atoms with Gasteiger partial charge in [-0.15, -0.1) is 0 Å². The number of hydrogen-bond acceptors (Lipinski definition) is 2. The smallest absolute Gasteiger partial charge is 0.315 e. The highest BCUT2D eigenvalue weighted by Gasteiger charge is 2.30. The number of benzene rings is 2. The maximum Gasteiger partial charge on any atom is 0.315 e. The van der Waals surface area contributed by atoms with Gasteiger partial charge in [0.25, 0.3) is 0 Å². The Labute approximate surface area is 142 Å². The molecule has 5 nitrogen and oxygen atoms in total. The van der Waals surface area contributed by atoms with E-state index >= 15 is 0 Å². The van der Waals surface area contributed by atoms with Crippen LogP contribution in [-0.4, -0.2) is 36.0 Å². The monoisotopic (exact) mass is 325 g/mol. The van der Waals surface area contributed by atoms with Crippen LogP contribution in [0.1, 0.15) is 25.3 Å². The molecule has 1 aliphatic heterocycles. The SMILES string of the molecule is CCCNC(=O)N[C@@H]1CC(=O)N(Cc2cccc3ccccc23)C1. The minimum atomic E-state index is -0.193. The highest BCUT2D eigenvalue weighted by atomic mass is 16.2. The van der Waals surface area contributed by atoms with E-state index in [1.807, 2.05) is 30.0 Å². The van der Waals surface area contributed by atoms with E-state index in [2.05, 4.69) is 34.9 Å². The van der Waals surface area contributed by atoms with Crippen LogP contribution in [0.4, 0.5) is 4.79 Å². The molecule has 1 atom stereocenters. The maximum absolute atomic E-state index is 12.3. The van der Waals surface area contributed by atoms with E-state index in [1.165, 1.54) is 10.8 Å². The fourth-order valence-electron chi connectivity index (χ4n) is 3.13. The standard InChI is InChI=1S/C19H23N3O2/c1-2-10-20-19(24)21-16-11-18(23)22(13-16)12-15-8-5-7-14-6-3-4-9-17(14)15/h3-9,16H,2,10-13H2,1H3,(H2,20,21,24)/t16-/m1/s1. The van der Waals surface area contributed by atoms with Crippen LogP contribution in [0.5, 0.6) is 0 Å². The summed E-state index contributed by atoms with van der Waals surface area (Å²) in [5.74, 6) is 0.0868. The van der Waals surface area contributed by atoms with Crippen LogP contribution in [0, 0.1) is 0 Å². The topological polar surface area (TPSA) is 61.4 Å². The Balaban J connectivity index is 1.65. The van der Waals surface area contributed by atoms with Gasteiger partial charge in [-0.25, -0.2) is 4.79 Å². The maximum atomic E-state index is 12.3. The van der Waals surface area contributed by atoms with Gasteiger partial charge < -0.3 is 15.5 Å². The zero-order chi connectivity index (χ0) is 16.9. The minimum Gasteiger partial charge on any atom is -0.338 e. The van der Waals surface area contributed by atoms with Gasteiger partial charge in [0.15, 0.2) is 0 Å². The molecule has 1 saturated heterocycles. The van der Waals surface area contributed by atoms with Crippen molar-refractivity contribution in [2.45, 2.75) is 32.4 Å². The predicted molar refractivity (Wildman–Crippen MR) is 94.6 cm³/mol. The molecule has 24 heavy (non-hydrogen) atoms. The largest absolute Gasteiger partial charge is 0.338 e. The van der Waals surface area contributed by atoms with E-state index in [9.17, 15) is 9.59 Å². The summed E-state index contributed by atoms with van der Waals surface area (Å²) in [4.78, 5) is 25.9. The van der Waals surface area contributed by atoms with E-state index in [4.69, 9.17) is 0 Å². The molecule has 0 aliphatic carbocycles. The molecule has 1 aliphatic rings. The van der Waals surface area contributed by atoms with Crippen molar-refractivity contribution in [2.24, 2.45) is 0 Å². The summed E-state index contributed by atoms with van der Waals surface area (Å²) in [5, 5.41) is 8.01. The second-order valence-electron chi connectivity index (χ2n) is 6.21. The first-order valence-electron chi connectivity index (χ1n) is 8.46. The Hall–Kier alpha value is -2.56. The van der Waals surface area contributed by atoms with Crippen molar-refractivity contribution in [3.8, 4) is 0 Å². The molecule has 1 heterocycles. The summed E-state index contributed by atoms with van der Waals surface area (Å²) in [6.45, 7) is 3.79. The van der Waals surface area contributed by atoms with E-state index in [1.54, 1.807) is 0 Å². The number of hydrogen-bond donors (Lipinski definition) is 2. The molecule has 2 N–H and O–H groups in total. The molecule has 5 heteroatoms. The lowest BCUT2D eigenvalue weighted by Crippen LogP contribution is -2.43. The van der Waals surface area contributed by atoms with Gasteiger partial charge in [0.2, 0.25) is 5.91 Å². The third kappa shape index (κ3) is 3.67. The minimum absolute atomic E-state index is 0.0868. The first-order chi connectivity index (χ1) is 11.7. The van der Waals surface area contributed by atoms with Crippen LogP contribution in [0.25, 0.3) is 10.8 Å². The normalized spacial score (nSPS) is 17.3. The Kier molecular flexibility index (Phi) is 4.99. The van der Waals surface area contributed by atoms with Crippen LogP contribution in [0.15, 0.2) is 42.5 Å². The fraction of sp³-hybridized carbons (Fsp3) is 0.368. The van der Waals surface area contributed by atoms with Gasteiger partial charge in [0.05, 0.1) is 6.04 Å². The van der Waals surface area contributed by atoms with Gasteiger partial charge in [-0.2, -0.15) is 0 Å². The summed E-state index contributed by atoms with van der Waals surface area (Å²) in [7, 11) is 0. The van der Waals surface area contributed by atoms with E-state index in [0.29, 0.717) is 26.1 Å². The Morgan fingerprint density at radius 1 is 1.21 bits per heavy atom. The Morgan fingerprint density at radius 3 is 2.83 bits per heavy atom. The number of carbonyl (C=O) groups is 2. The van der Waals surface area contributed by atoms with Gasteiger partial charge in [-0.05, 0) is 22.8 Å². The Morgan fingerprint density at radius 2 is 2.00 bits per heavy atom. The third-order valence-electron chi connectivity index (χ3n) is 4.33. The number of likely N-dealkylation sites (tertiary alicyclic amines) is 1. The van der Waals surface area contributed by atoms with Crippen LogP contribution >= 0.6 is 0 Å². The zero-order valence-corrected chi connectivity index (χ0v) is 13.9. The predicted octanol–water partition coefficient (Wildman–Crippen LogP) is 2.65. The highest BCUT2D eigenvalue weighted by Crippen LogP contribution is 2.22. The molecule has 3 amide bonds. The van der Waals surface area contributed by atoms with Gasteiger partial charge >= 0.3 is 6.03 Å². The third-order valence-corrected chi connectivity index (χ3v) is 4.33. The molecule has 0 unspecified atom stereocenters. The van der Waals surface area contributed by atoms with Gasteiger partial charge in [0, 0.05) is 26.1 Å². The number of rotatable bonds is 5. The van der Waals surface area contributed by atoms with Crippen LogP contribution < -0.4 is 10.6 Å². The summed E-state index contributed by atoms with van der Waals surface area (Å²) in [6.07, 6.45) is 1.26. The van der Waals surface area contributed by atoms with E-state index in [0.717, 1.165) is 12.0 Å². The molecule has 0 radical (unpaired) electrons. The lowest BCUT2D eigenvalue weighted by molar-refractivity contribution is -0.128. The lowest BCUT2D eigenvalue weighted by Gasteiger charge is -2.18. The summed E-state index contributed by atoms with van der Waals surface area (Å²) >= 11 is 0. The van der Waals surface area contributed by atoms with Crippen molar-refractivity contribution >= 4 is 22.7 Å². The Bertz CT molecular complexity index is 739. The first kappa shape index (κ1) is 16.3. The number of nitrogens with zero attached hydrogens (tertiary/aromatic N) is 1. The molecule has 0 saturated carbocycles. The molecule has 0 spiro atoms. The van der Waals surface area contributed by atoms with Gasteiger partial charge in [-0.3, -0.25) is 4.79 Å².